The van der Waals surface area contributed by atoms with Crippen molar-refractivity contribution in [2.24, 2.45) is 0 Å². The molecule has 0 saturated heterocycles. The van der Waals surface area contributed by atoms with Crippen LogP contribution in [0.15, 0.2) is 18.2 Å². The van der Waals surface area contributed by atoms with Crippen LogP contribution in [0.5, 0.6) is 5.75 Å². The number of aliphatic hydroxyl groups is 1. The zero-order chi connectivity index (χ0) is 19.1. The Morgan fingerprint density at radius 3 is 2.65 bits per heavy atom. The first-order valence-electron chi connectivity index (χ1n) is 9.29. The van der Waals surface area contributed by atoms with E-state index in [1.807, 2.05) is 6.92 Å². The van der Waals surface area contributed by atoms with Gasteiger partial charge >= 0.3 is 0 Å². The van der Waals surface area contributed by atoms with Crippen LogP contribution < -0.4 is 10.1 Å². The fraction of sp³-hybridized carbons (Fsp3) is 0.632. The van der Waals surface area contributed by atoms with Crippen molar-refractivity contribution < 1.29 is 19.6 Å². The maximum Gasteiger partial charge on any atom is 0.275 e. The van der Waals surface area contributed by atoms with Gasteiger partial charge in [0.2, 0.25) is 5.91 Å². The van der Waals surface area contributed by atoms with Gasteiger partial charge in [-0.05, 0) is 45.2 Å². The molecule has 7 nitrogen and oxygen atoms in total. The van der Waals surface area contributed by atoms with E-state index in [0.717, 1.165) is 12.8 Å². The van der Waals surface area contributed by atoms with Gasteiger partial charge in [0.15, 0.2) is 0 Å². The number of amides is 1. The number of nitrogens with one attached hydrogen (secondary N) is 1. The summed E-state index contributed by atoms with van der Waals surface area (Å²) in [6.07, 6.45) is 5.48. The highest BCUT2D eigenvalue weighted by Crippen LogP contribution is 2.29. The number of benzene rings is 1. The number of carbonyl (C=O) groups is 1. The summed E-state index contributed by atoms with van der Waals surface area (Å²) in [7, 11) is 0. The fourth-order valence-electron chi connectivity index (χ4n) is 3.28. The highest BCUT2D eigenvalue weighted by atomic mass is 16.6. The van der Waals surface area contributed by atoms with Gasteiger partial charge in [0.05, 0.1) is 22.7 Å². The molecule has 1 saturated carbocycles. The Bertz CT molecular complexity index is 626. The van der Waals surface area contributed by atoms with Crippen LogP contribution in [0, 0.1) is 10.1 Å². The van der Waals surface area contributed by atoms with Gasteiger partial charge in [0, 0.05) is 18.5 Å². The molecule has 1 aliphatic rings. The molecule has 0 heterocycles. The fourth-order valence-corrected chi connectivity index (χ4v) is 3.28. The van der Waals surface area contributed by atoms with Crippen molar-refractivity contribution in [1.29, 1.82) is 0 Å². The van der Waals surface area contributed by atoms with Crippen LogP contribution in [0.4, 0.5) is 5.69 Å². The molecule has 0 bridgehead atoms. The molecule has 2 unspecified atom stereocenters. The number of nitrogens with zero attached hydrogens (tertiary/aromatic N) is 1. The van der Waals surface area contributed by atoms with E-state index in [2.05, 4.69) is 5.32 Å². The van der Waals surface area contributed by atoms with Crippen molar-refractivity contribution in [3.8, 4) is 5.75 Å². The smallest absolute Gasteiger partial charge is 0.275 e. The molecular formula is C19H28N2O5. The zero-order valence-electron chi connectivity index (χ0n) is 15.4. The molecular weight excluding hydrogens is 336 g/mol. The van der Waals surface area contributed by atoms with E-state index in [9.17, 15) is 20.0 Å². The average Bonchev–Trinajstić information content (AvgIpc) is 2.60. The number of aliphatic hydroxyl groups excluding tert-OH is 1. The number of nitro groups is 1. The summed E-state index contributed by atoms with van der Waals surface area (Å²) in [5.74, 6) is 0.493. The maximum atomic E-state index is 12.1. The lowest BCUT2D eigenvalue weighted by Crippen LogP contribution is -2.36. The molecule has 7 heteroatoms. The van der Waals surface area contributed by atoms with Crippen LogP contribution >= 0.6 is 0 Å². The third-order valence-corrected chi connectivity index (χ3v) is 4.73. The van der Waals surface area contributed by atoms with Crippen molar-refractivity contribution in [3.05, 3.63) is 33.9 Å². The minimum absolute atomic E-state index is 0.0423. The van der Waals surface area contributed by atoms with Crippen molar-refractivity contribution in [2.75, 3.05) is 0 Å². The highest BCUT2D eigenvalue weighted by molar-refractivity contribution is 5.76. The second-order valence-corrected chi connectivity index (χ2v) is 7.02. The molecule has 1 aromatic carbocycles. The minimum Gasteiger partial charge on any atom is -0.491 e. The maximum absolute atomic E-state index is 12.1. The van der Waals surface area contributed by atoms with Crippen LogP contribution in [0.1, 0.15) is 70.5 Å². The average molecular weight is 364 g/mol. The molecule has 0 aliphatic heterocycles. The van der Waals surface area contributed by atoms with Crippen LogP contribution in [-0.2, 0) is 4.79 Å². The molecule has 2 N–H and O–H groups in total. The molecule has 2 atom stereocenters. The predicted octanol–water partition coefficient (Wildman–Crippen LogP) is 3.64. The summed E-state index contributed by atoms with van der Waals surface area (Å²) in [6.45, 7) is 3.34. The van der Waals surface area contributed by atoms with Gasteiger partial charge in [-0.1, -0.05) is 19.3 Å². The minimum atomic E-state index is -0.962. The first-order valence-corrected chi connectivity index (χ1v) is 9.29. The van der Waals surface area contributed by atoms with Gasteiger partial charge in [-0.15, -0.1) is 0 Å². The van der Waals surface area contributed by atoms with Crippen LogP contribution in [0.2, 0.25) is 0 Å². The van der Waals surface area contributed by atoms with Gasteiger partial charge in [0.1, 0.15) is 5.75 Å². The quantitative estimate of drug-likeness (QED) is 0.541. The number of hydrogen-bond donors (Lipinski definition) is 2. The molecule has 0 spiro atoms. The predicted molar refractivity (Wildman–Crippen MR) is 98.1 cm³/mol. The molecule has 1 aliphatic carbocycles. The molecule has 1 aromatic rings. The van der Waals surface area contributed by atoms with Crippen LogP contribution in [0.3, 0.4) is 0 Å². The third kappa shape index (κ3) is 5.98. The van der Waals surface area contributed by atoms with Gasteiger partial charge < -0.3 is 15.2 Å². The Kier molecular flexibility index (Phi) is 7.38. The lowest BCUT2D eigenvalue weighted by Gasteiger charge is -2.23. The SMILES string of the molecule is CC(CCC(=O)NC1CCCCC1)Oc1ccc([N+](=O)[O-])c(C(C)O)c1. The third-order valence-electron chi connectivity index (χ3n) is 4.73. The summed E-state index contributed by atoms with van der Waals surface area (Å²) < 4.78 is 5.77. The van der Waals surface area contributed by atoms with Gasteiger partial charge in [0.25, 0.3) is 5.69 Å². The Balaban J connectivity index is 1.85. The van der Waals surface area contributed by atoms with E-state index in [-0.39, 0.29) is 23.3 Å². The van der Waals surface area contributed by atoms with Gasteiger partial charge in [-0.2, -0.15) is 0 Å². The van der Waals surface area contributed by atoms with E-state index in [4.69, 9.17) is 4.74 Å². The Morgan fingerprint density at radius 2 is 2.04 bits per heavy atom. The second kappa shape index (κ2) is 9.52. The van der Waals surface area contributed by atoms with Crippen molar-refractivity contribution >= 4 is 11.6 Å². The molecule has 1 fully saturated rings. The van der Waals surface area contributed by atoms with E-state index < -0.39 is 11.0 Å². The molecule has 144 valence electrons. The molecule has 26 heavy (non-hydrogen) atoms. The summed E-state index contributed by atoms with van der Waals surface area (Å²) in [4.78, 5) is 22.5. The van der Waals surface area contributed by atoms with Crippen LogP contribution in [-0.4, -0.2) is 28.1 Å². The van der Waals surface area contributed by atoms with E-state index in [0.29, 0.717) is 24.6 Å². The van der Waals surface area contributed by atoms with Crippen molar-refractivity contribution in [3.63, 3.8) is 0 Å². The Labute approximate surface area is 153 Å². The lowest BCUT2D eigenvalue weighted by molar-refractivity contribution is -0.386. The van der Waals surface area contributed by atoms with Crippen molar-refractivity contribution in [1.82, 2.24) is 5.32 Å². The van der Waals surface area contributed by atoms with Gasteiger partial charge in [-0.25, -0.2) is 0 Å². The lowest BCUT2D eigenvalue weighted by atomic mass is 9.95. The summed E-state index contributed by atoms with van der Waals surface area (Å²) >= 11 is 0. The Hall–Kier alpha value is -2.15. The van der Waals surface area contributed by atoms with Crippen molar-refractivity contribution in [2.45, 2.75) is 77.0 Å². The summed E-state index contributed by atoms with van der Waals surface area (Å²) in [6, 6.07) is 4.64. The first-order chi connectivity index (χ1) is 12.4. The number of ether oxygens (including phenoxy) is 1. The molecule has 1 amide bonds. The molecule has 0 aromatic heterocycles. The summed E-state index contributed by atoms with van der Waals surface area (Å²) in [5, 5.41) is 23.8. The monoisotopic (exact) mass is 364 g/mol. The number of hydrogen-bond acceptors (Lipinski definition) is 5. The number of carbonyl (C=O) groups excluding carboxylic acids is 1. The van der Waals surface area contributed by atoms with E-state index in [1.165, 1.54) is 44.4 Å². The molecule has 2 rings (SSSR count). The summed E-state index contributed by atoms with van der Waals surface area (Å²) in [5.41, 5.74) is 0.0848. The Morgan fingerprint density at radius 1 is 1.35 bits per heavy atom. The molecule has 0 radical (unpaired) electrons. The standard InChI is InChI=1S/C19H28N2O5/c1-13(8-11-19(23)20-15-6-4-3-5-7-15)26-16-9-10-18(21(24)25)17(12-16)14(2)22/h9-10,12-15,22H,3-8,11H2,1-2H3,(H,20,23). The van der Waals surface area contributed by atoms with E-state index in [1.54, 1.807) is 0 Å². The highest BCUT2D eigenvalue weighted by Gasteiger charge is 2.20. The number of rotatable bonds is 8. The number of nitro benzene ring substituents is 1. The second-order valence-electron chi connectivity index (χ2n) is 7.02. The topological polar surface area (TPSA) is 102 Å². The zero-order valence-corrected chi connectivity index (χ0v) is 15.4. The van der Waals surface area contributed by atoms with Crippen LogP contribution in [0.25, 0.3) is 0 Å². The first kappa shape index (κ1) is 20.2. The largest absolute Gasteiger partial charge is 0.491 e. The normalized spacial score (nSPS) is 17.3. The van der Waals surface area contributed by atoms with E-state index >= 15 is 0 Å². The van der Waals surface area contributed by atoms with Gasteiger partial charge in [-0.3, -0.25) is 14.9 Å².